The number of benzene rings is 1. The summed E-state index contributed by atoms with van der Waals surface area (Å²) < 4.78 is 0. The first-order valence-electron chi connectivity index (χ1n) is 9.10. The molecule has 0 aliphatic heterocycles. The van der Waals surface area contributed by atoms with Gasteiger partial charge in [-0.2, -0.15) is 0 Å². The average Bonchev–Trinajstić information content (AvgIpc) is 2.53. The molecule has 124 valence electrons. The minimum atomic E-state index is -0.644. The maximum Gasteiger partial charge on any atom is 0.226 e. The second kappa shape index (κ2) is 5.62. The third-order valence-corrected chi connectivity index (χ3v) is 6.49. The van der Waals surface area contributed by atoms with Crippen molar-refractivity contribution in [2.75, 3.05) is 0 Å². The van der Waals surface area contributed by atoms with Gasteiger partial charge < -0.3 is 10.4 Å². The summed E-state index contributed by atoms with van der Waals surface area (Å²) in [5, 5.41) is 13.7. The van der Waals surface area contributed by atoms with Gasteiger partial charge >= 0.3 is 0 Å². The minimum Gasteiger partial charge on any atom is -0.386 e. The van der Waals surface area contributed by atoms with Gasteiger partial charge in [-0.25, -0.2) is 0 Å². The molecule has 3 heteroatoms. The molecule has 23 heavy (non-hydrogen) atoms. The average molecular weight is 313 g/mol. The number of carbonyl (C=O) groups excluding carboxylic acids is 1. The lowest BCUT2D eigenvalue weighted by Crippen LogP contribution is -2.55. The Morgan fingerprint density at radius 2 is 1.61 bits per heavy atom. The molecule has 4 fully saturated rings. The maximum absolute atomic E-state index is 13.0. The predicted molar refractivity (Wildman–Crippen MR) is 89.6 cm³/mol. The van der Waals surface area contributed by atoms with Crippen molar-refractivity contribution in [3.05, 3.63) is 35.9 Å². The molecule has 0 radical (unpaired) electrons. The number of carbonyl (C=O) groups is 1. The van der Waals surface area contributed by atoms with Gasteiger partial charge in [-0.1, -0.05) is 30.3 Å². The van der Waals surface area contributed by atoms with Crippen LogP contribution in [0.5, 0.6) is 0 Å². The SMILES string of the molecule is C[C@@H](NC(=O)C12CC3CC(CC(C3)C1)C2)[C@H](O)c1ccccc1. The van der Waals surface area contributed by atoms with E-state index in [-0.39, 0.29) is 17.4 Å². The Morgan fingerprint density at radius 3 is 2.13 bits per heavy atom. The summed E-state index contributed by atoms with van der Waals surface area (Å²) in [6.07, 6.45) is 6.59. The van der Waals surface area contributed by atoms with E-state index in [9.17, 15) is 9.90 Å². The number of hydrogen-bond acceptors (Lipinski definition) is 2. The molecule has 2 N–H and O–H groups in total. The van der Waals surface area contributed by atoms with Crippen LogP contribution >= 0.6 is 0 Å². The highest BCUT2D eigenvalue weighted by atomic mass is 16.3. The highest BCUT2D eigenvalue weighted by molar-refractivity contribution is 5.83. The van der Waals surface area contributed by atoms with E-state index in [4.69, 9.17) is 0 Å². The van der Waals surface area contributed by atoms with E-state index in [1.807, 2.05) is 37.3 Å². The molecular formula is C20H27NO2. The molecule has 3 nitrogen and oxygen atoms in total. The molecule has 4 aliphatic rings. The summed E-state index contributed by atoms with van der Waals surface area (Å²) >= 11 is 0. The van der Waals surface area contributed by atoms with Gasteiger partial charge in [0, 0.05) is 5.41 Å². The Balaban J connectivity index is 1.45. The monoisotopic (exact) mass is 313 g/mol. The summed E-state index contributed by atoms with van der Waals surface area (Å²) in [4.78, 5) is 13.0. The summed E-state index contributed by atoms with van der Waals surface area (Å²) in [7, 11) is 0. The van der Waals surface area contributed by atoms with Crippen molar-refractivity contribution < 1.29 is 9.90 Å². The molecular weight excluding hydrogens is 286 g/mol. The van der Waals surface area contributed by atoms with Gasteiger partial charge in [-0.05, 0) is 68.8 Å². The van der Waals surface area contributed by atoms with Crippen LogP contribution < -0.4 is 5.32 Å². The Hall–Kier alpha value is -1.35. The maximum atomic E-state index is 13.0. The predicted octanol–water partition coefficient (Wildman–Crippen LogP) is 3.44. The van der Waals surface area contributed by atoms with Crippen LogP contribution in [0.2, 0.25) is 0 Å². The van der Waals surface area contributed by atoms with E-state index in [1.165, 1.54) is 19.3 Å². The highest BCUT2D eigenvalue weighted by Gasteiger charge is 2.54. The van der Waals surface area contributed by atoms with Crippen LogP contribution in [0.4, 0.5) is 0 Å². The molecule has 0 unspecified atom stereocenters. The van der Waals surface area contributed by atoms with Gasteiger partial charge in [0.05, 0.1) is 12.1 Å². The fourth-order valence-electron chi connectivity index (χ4n) is 5.77. The third-order valence-electron chi connectivity index (χ3n) is 6.49. The van der Waals surface area contributed by atoms with E-state index in [1.54, 1.807) is 0 Å². The van der Waals surface area contributed by atoms with Crippen LogP contribution in [0.3, 0.4) is 0 Å². The van der Waals surface area contributed by atoms with Crippen LogP contribution in [-0.4, -0.2) is 17.1 Å². The first kappa shape index (κ1) is 15.2. The van der Waals surface area contributed by atoms with E-state index in [0.717, 1.165) is 42.6 Å². The number of aliphatic hydroxyl groups excluding tert-OH is 1. The summed E-state index contributed by atoms with van der Waals surface area (Å²) in [6.45, 7) is 1.91. The van der Waals surface area contributed by atoms with Crippen LogP contribution in [0.25, 0.3) is 0 Å². The van der Waals surface area contributed by atoms with Crippen molar-refractivity contribution in [2.24, 2.45) is 23.2 Å². The molecule has 2 atom stereocenters. The van der Waals surface area contributed by atoms with Crippen molar-refractivity contribution in [3.63, 3.8) is 0 Å². The lowest BCUT2D eigenvalue weighted by atomic mass is 9.49. The van der Waals surface area contributed by atoms with Crippen molar-refractivity contribution in [1.82, 2.24) is 5.32 Å². The standard InChI is InChI=1S/C20H27NO2/c1-13(18(22)17-5-3-2-4-6-17)21-19(23)20-10-14-7-15(11-20)9-16(8-14)12-20/h2-6,13-16,18,22H,7-12H2,1H3,(H,21,23)/t13-,14?,15?,16?,18+,20?/m1/s1. The smallest absolute Gasteiger partial charge is 0.226 e. The van der Waals surface area contributed by atoms with Crippen LogP contribution in [0.1, 0.15) is 57.1 Å². The number of hydrogen-bond donors (Lipinski definition) is 2. The largest absolute Gasteiger partial charge is 0.386 e. The van der Waals surface area contributed by atoms with E-state index in [0.29, 0.717) is 0 Å². The van der Waals surface area contributed by atoms with E-state index in [2.05, 4.69) is 5.32 Å². The minimum absolute atomic E-state index is 0.139. The zero-order valence-electron chi connectivity index (χ0n) is 13.9. The first-order valence-corrected chi connectivity index (χ1v) is 9.10. The molecule has 0 heterocycles. The van der Waals surface area contributed by atoms with Crippen LogP contribution in [0.15, 0.2) is 30.3 Å². The van der Waals surface area contributed by atoms with Crippen LogP contribution in [-0.2, 0) is 4.79 Å². The Labute approximate surface area is 138 Å². The highest BCUT2D eigenvalue weighted by Crippen LogP contribution is 2.60. The number of rotatable bonds is 4. The fraction of sp³-hybridized carbons (Fsp3) is 0.650. The Bertz CT molecular complexity index is 547. The molecule has 4 saturated carbocycles. The first-order chi connectivity index (χ1) is 11.1. The van der Waals surface area contributed by atoms with Gasteiger partial charge in [-0.3, -0.25) is 4.79 Å². The zero-order valence-corrected chi connectivity index (χ0v) is 13.9. The lowest BCUT2D eigenvalue weighted by molar-refractivity contribution is -0.147. The topological polar surface area (TPSA) is 49.3 Å². The molecule has 4 aliphatic carbocycles. The van der Waals surface area contributed by atoms with E-state index < -0.39 is 6.10 Å². The van der Waals surface area contributed by atoms with Crippen molar-refractivity contribution in [3.8, 4) is 0 Å². The summed E-state index contributed by atoms with van der Waals surface area (Å²) in [5.41, 5.74) is 0.727. The fourth-order valence-corrected chi connectivity index (χ4v) is 5.77. The van der Waals surface area contributed by atoms with E-state index >= 15 is 0 Å². The Morgan fingerprint density at radius 1 is 1.09 bits per heavy atom. The quantitative estimate of drug-likeness (QED) is 0.894. The second-order valence-corrected chi connectivity index (χ2v) is 8.32. The van der Waals surface area contributed by atoms with Gasteiger partial charge in [0.1, 0.15) is 0 Å². The Kier molecular flexibility index (Phi) is 3.72. The van der Waals surface area contributed by atoms with Crippen molar-refractivity contribution in [2.45, 2.75) is 57.6 Å². The number of nitrogens with one attached hydrogen (secondary N) is 1. The van der Waals surface area contributed by atoms with Gasteiger partial charge in [-0.15, -0.1) is 0 Å². The van der Waals surface area contributed by atoms with Crippen LogP contribution in [0, 0.1) is 23.2 Å². The third kappa shape index (κ3) is 2.69. The molecule has 0 spiro atoms. The second-order valence-electron chi connectivity index (χ2n) is 8.32. The molecule has 1 amide bonds. The number of aliphatic hydroxyl groups is 1. The summed E-state index contributed by atoms with van der Waals surface area (Å²) in [6, 6.07) is 9.36. The van der Waals surface area contributed by atoms with Crippen molar-refractivity contribution in [1.29, 1.82) is 0 Å². The molecule has 5 rings (SSSR count). The van der Waals surface area contributed by atoms with Crippen molar-refractivity contribution >= 4 is 5.91 Å². The van der Waals surface area contributed by atoms with Gasteiger partial charge in [0.25, 0.3) is 0 Å². The molecule has 4 bridgehead atoms. The molecule has 0 saturated heterocycles. The number of amides is 1. The zero-order chi connectivity index (χ0) is 16.0. The summed E-state index contributed by atoms with van der Waals surface area (Å²) in [5.74, 6) is 2.49. The van der Waals surface area contributed by atoms with Gasteiger partial charge in [0.15, 0.2) is 0 Å². The van der Waals surface area contributed by atoms with Gasteiger partial charge in [0.2, 0.25) is 5.91 Å². The normalized spacial score (nSPS) is 37.4. The molecule has 1 aromatic rings. The molecule has 0 aromatic heterocycles. The molecule has 1 aromatic carbocycles. The lowest BCUT2D eigenvalue weighted by Gasteiger charge is -2.55.